The van der Waals surface area contributed by atoms with Crippen LogP contribution in [0.15, 0.2) is 36.5 Å². The van der Waals surface area contributed by atoms with Crippen molar-refractivity contribution in [2.75, 3.05) is 50.7 Å². The number of carbonyl (C=O) groups is 1. The van der Waals surface area contributed by atoms with Crippen LogP contribution in [0.1, 0.15) is 35.0 Å². The number of hydrogen-bond donors (Lipinski definition) is 1. The average molecular weight is 400 g/mol. The maximum Gasteiger partial charge on any atom is 0.255 e. The number of halogens is 1. The Hall–Kier alpha value is -2.38. The van der Waals surface area contributed by atoms with Crippen molar-refractivity contribution >= 4 is 11.6 Å². The minimum atomic E-state index is -0.585. The summed E-state index contributed by atoms with van der Waals surface area (Å²) in [6.45, 7) is 6.03. The van der Waals surface area contributed by atoms with E-state index in [0.717, 1.165) is 50.5 Å². The number of nitrogens with zero attached hydrogens (tertiary/aromatic N) is 4. The maximum absolute atomic E-state index is 13.1. The Balaban J connectivity index is 1.26. The zero-order chi connectivity index (χ0) is 20.4. The summed E-state index contributed by atoms with van der Waals surface area (Å²) in [4.78, 5) is 19.4. The molecule has 156 valence electrons. The minimum Gasteiger partial charge on any atom is -0.387 e. The number of aryl methyl sites for hydroxylation is 1. The SMILES string of the molecule is Cn1ccc2c1C(O)CCN(CCCN1CCN(c3ccc(F)cc3)CC1)C2=O. The highest BCUT2D eigenvalue weighted by Gasteiger charge is 2.29. The number of anilines is 1. The van der Waals surface area contributed by atoms with Gasteiger partial charge in [-0.1, -0.05) is 0 Å². The molecule has 2 aromatic rings. The Bertz CT molecular complexity index is 843. The fourth-order valence-electron chi connectivity index (χ4n) is 4.40. The fraction of sp³-hybridized carbons (Fsp3) is 0.500. The van der Waals surface area contributed by atoms with Crippen LogP contribution in [-0.2, 0) is 7.05 Å². The number of benzene rings is 1. The number of rotatable bonds is 5. The zero-order valence-corrected chi connectivity index (χ0v) is 16.9. The number of amides is 1. The third-order valence-electron chi connectivity index (χ3n) is 6.09. The Morgan fingerprint density at radius 2 is 1.76 bits per heavy atom. The van der Waals surface area contributed by atoms with Crippen LogP contribution in [0.5, 0.6) is 0 Å². The summed E-state index contributed by atoms with van der Waals surface area (Å²) in [6, 6.07) is 8.50. The molecule has 4 rings (SSSR count). The van der Waals surface area contributed by atoms with Gasteiger partial charge in [-0.2, -0.15) is 0 Å². The highest BCUT2D eigenvalue weighted by molar-refractivity contribution is 5.96. The van der Waals surface area contributed by atoms with Gasteiger partial charge in [-0.3, -0.25) is 9.69 Å². The van der Waals surface area contributed by atoms with E-state index >= 15 is 0 Å². The van der Waals surface area contributed by atoms with Crippen LogP contribution in [0, 0.1) is 5.82 Å². The molecule has 0 radical (unpaired) electrons. The van der Waals surface area contributed by atoms with E-state index < -0.39 is 6.10 Å². The van der Waals surface area contributed by atoms with E-state index in [9.17, 15) is 14.3 Å². The molecule has 7 heteroatoms. The Morgan fingerprint density at radius 3 is 2.48 bits per heavy atom. The van der Waals surface area contributed by atoms with E-state index in [1.54, 1.807) is 0 Å². The first-order valence-electron chi connectivity index (χ1n) is 10.4. The van der Waals surface area contributed by atoms with Gasteiger partial charge in [-0.05, 0) is 49.7 Å². The van der Waals surface area contributed by atoms with Crippen molar-refractivity contribution in [2.24, 2.45) is 7.05 Å². The Morgan fingerprint density at radius 1 is 1.03 bits per heavy atom. The monoisotopic (exact) mass is 400 g/mol. The molecule has 0 bridgehead atoms. The van der Waals surface area contributed by atoms with E-state index in [1.807, 2.05) is 40.9 Å². The Kier molecular flexibility index (Phi) is 5.87. The summed E-state index contributed by atoms with van der Waals surface area (Å²) in [5.41, 5.74) is 2.43. The van der Waals surface area contributed by atoms with Gasteiger partial charge >= 0.3 is 0 Å². The molecule has 1 amide bonds. The summed E-state index contributed by atoms with van der Waals surface area (Å²) < 4.78 is 14.9. The van der Waals surface area contributed by atoms with Crippen LogP contribution in [0.25, 0.3) is 0 Å². The van der Waals surface area contributed by atoms with Gasteiger partial charge in [-0.15, -0.1) is 0 Å². The van der Waals surface area contributed by atoms with Crippen molar-refractivity contribution in [2.45, 2.75) is 18.9 Å². The van der Waals surface area contributed by atoms with Crippen LogP contribution in [0.4, 0.5) is 10.1 Å². The second-order valence-corrected chi connectivity index (χ2v) is 7.98. The lowest BCUT2D eigenvalue weighted by molar-refractivity contribution is 0.0738. The number of fused-ring (bicyclic) bond motifs is 1. The number of aliphatic hydroxyl groups excluding tert-OH is 1. The molecule has 1 fully saturated rings. The first kappa shape index (κ1) is 19.9. The highest BCUT2D eigenvalue weighted by Crippen LogP contribution is 2.27. The lowest BCUT2D eigenvalue weighted by atomic mass is 10.1. The Labute approximate surface area is 171 Å². The minimum absolute atomic E-state index is 0.0262. The smallest absolute Gasteiger partial charge is 0.255 e. The van der Waals surface area contributed by atoms with Crippen molar-refractivity contribution in [1.82, 2.24) is 14.4 Å². The van der Waals surface area contributed by atoms with E-state index in [4.69, 9.17) is 0 Å². The second kappa shape index (κ2) is 8.55. The number of piperazine rings is 1. The van der Waals surface area contributed by atoms with Gasteiger partial charge in [0.2, 0.25) is 0 Å². The topological polar surface area (TPSA) is 52.0 Å². The maximum atomic E-state index is 13.1. The first-order valence-corrected chi connectivity index (χ1v) is 10.4. The molecule has 1 aromatic heterocycles. The fourth-order valence-corrected chi connectivity index (χ4v) is 4.40. The number of aromatic nitrogens is 1. The predicted octanol–water partition coefficient (Wildman–Crippen LogP) is 2.26. The summed E-state index contributed by atoms with van der Waals surface area (Å²) in [7, 11) is 1.87. The molecule has 1 unspecified atom stereocenters. The van der Waals surface area contributed by atoms with Crippen molar-refractivity contribution < 1.29 is 14.3 Å². The van der Waals surface area contributed by atoms with Crippen molar-refractivity contribution in [3.05, 3.63) is 53.6 Å². The van der Waals surface area contributed by atoms with Crippen LogP contribution in [-0.4, -0.2) is 71.2 Å². The lowest BCUT2D eigenvalue weighted by Gasteiger charge is -2.36. The summed E-state index contributed by atoms with van der Waals surface area (Å²) in [5, 5.41) is 10.4. The molecule has 0 spiro atoms. The van der Waals surface area contributed by atoms with Crippen LogP contribution >= 0.6 is 0 Å². The van der Waals surface area contributed by atoms with Gasteiger partial charge in [-0.25, -0.2) is 4.39 Å². The van der Waals surface area contributed by atoms with Crippen molar-refractivity contribution in [3.63, 3.8) is 0 Å². The van der Waals surface area contributed by atoms with Gasteiger partial charge in [0, 0.05) is 58.2 Å². The van der Waals surface area contributed by atoms with Crippen molar-refractivity contribution in [3.8, 4) is 0 Å². The van der Waals surface area contributed by atoms with Crippen LogP contribution in [0.2, 0.25) is 0 Å². The van der Waals surface area contributed by atoms with E-state index in [2.05, 4.69) is 9.80 Å². The molecule has 29 heavy (non-hydrogen) atoms. The lowest BCUT2D eigenvalue weighted by Crippen LogP contribution is -2.47. The molecule has 2 aliphatic heterocycles. The summed E-state index contributed by atoms with van der Waals surface area (Å²) in [5.74, 6) is -0.177. The molecule has 2 aliphatic rings. The second-order valence-electron chi connectivity index (χ2n) is 7.98. The number of carbonyl (C=O) groups excluding carboxylic acids is 1. The quantitative estimate of drug-likeness (QED) is 0.837. The molecule has 0 aliphatic carbocycles. The van der Waals surface area contributed by atoms with Gasteiger partial charge in [0.25, 0.3) is 5.91 Å². The predicted molar refractivity (Wildman–Crippen MR) is 111 cm³/mol. The molecule has 0 saturated carbocycles. The van der Waals surface area contributed by atoms with Gasteiger partial charge < -0.3 is 19.5 Å². The first-order chi connectivity index (χ1) is 14.0. The van der Waals surface area contributed by atoms with E-state index in [0.29, 0.717) is 25.1 Å². The molecule has 1 aromatic carbocycles. The average Bonchev–Trinajstić information content (AvgIpc) is 3.07. The highest BCUT2D eigenvalue weighted by atomic mass is 19.1. The van der Waals surface area contributed by atoms with E-state index in [-0.39, 0.29) is 11.7 Å². The standard InChI is InChI=1S/C22H29FN4O2/c1-24-11-7-19-21(24)20(28)8-12-27(22(19)29)10-2-9-25-13-15-26(16-14-25)18-5-3-17(23)4-6-18/h3-7,11,20,28H,2,8-10,12-16H2,1H3. The van der Waals surface area contributed by atoms with Crippen LogP contribution in [0.3, 0.4) is 0 Å². The molecular weight excluding hydrogens is 371 g/mol. The zero-order valence-electron chi connectivity index (χ0n) is 16.9. The third-order valence-corrected chi connectivity index (χ3v) is 6.09. The van der Waals surface area contributed by atoms with Gasteiger partial charge in [0.15, 0.2) is 0 Å². The third kappa shape index (κ3) is 4.31. The summed E-state index contributed by atoms with van der Waals surface area (Å²) in [6.07, 6.45) is 2.75. The molecule has 1 N–H and O–H groups in total. The van der Waals surface area contributed by atoms with Gasteiger partial charge in [0.05, 0.1) is 17.4 Å². The molecule has 1 atom stereocenters. The molecule has 6 nitrogen and oxygen atoms in total. The normalized spacial score (nSPS) is 20.7. The van der Waals surface area contributed by atoms with Gasteiger partial charge in [0.1, 0.15) is 5.82 Å². The molecule has 1 saturated heterocycles. The number of hydrogen-bond acceptors (Lipinski definition) is 4. The van der Waals surface area contributed by atoms with Crippen molar-refractivity contribution in [1.29, 1.82) is 0 Å². The molecule has 3 heterocycles. The molecular formula is C22H29FN4O2. The summed E-state index contributed by atoms with van der Waals surface area (Å²) >= 11 is 0. The van der Waals surface area contributed by atoms with Crippen LogP contribution < -0.4 is 4.90 Å². The largest absolute Gasteiger partial charge is 0.387 e. The van der Waals surface area contributed by atoms with E-state index in [1.165, 1.54) is 12.1 Å². The number of aliphatic hydroxyl groups is 1.